The first-order chi connectivity index (χ1) is 16.4. The van der Waals surface area contributed by atoms with E-state index in [0.29, 0.717) is 17.4 Å². The maximum Gasteiger partial charge on any atom is 0.416 e. The number of hydrogen-bond donors (Lipinski definition) is 2. The van der Waals surface area contributed by atoms with Gasteiger partial charge in [0.1, 0.15) is 17.9 Å². The largest absolute Gasteiger partial charge is 0.463 e. The zero-order chi connectivity index (χ0) is 23.7. The van der Waals surface area contributed by atoms with Gasteiger partial charge in [-0.15, -0.1) is 0 Å². The maximum atomic E-state index is 12.9. The second-order valence-electron chi connectivity index (χ2n) is 7.74. The van der Waals surface area contributed by atoms with Crippen molar-refractivity contribution < 1.29 is 36.6 Å². The monoisotopic (exact) mass is 476 g/mol. The van der Waals surface area contributed by atoms with E-state index < -0.39 is 36.1 Å². The molecule has 34 heavy (non-hydrogen) atoms. The van der Waals surface area contributed by atoms with Crippen LogP contribution in [0.2, 0.25) is 0 Å². The molecule has 5 rings (SSSR count). The highest BCUT2D eigenvalue weighted by Gasteiger charge is 2.49. The number of benzene rings is 1. The molecule has 0 aliphatic carbocycles. The molecule has 1 amide bonds. The molecule has 2 aliphatic heterocycles. The SMILES string of the molecule is O=C(Nc1cccc(C(F)(F)F)c1)O[C@@H]1CO[C@H]2[C@@H]1OC[C@@H]2Nc1nccc(-c2ccco2)n1. The third kappa shape index (κ3) is 4.68. The van der Waals surface area contributed by atoms with Gasteiger partial charge in [-0.3, -0.25) is 5.32 Å². The van der Waals surface area contributed by atoms with Crippen LogP contribution in [0, 0.1) is 0 Å². The normalized spacial score (nSPS) is 24.0. The molecule has 0 radical (unpaired) electrons. The number of nitrogens with one attached hydrogen (secondary N) is 2. The van der Waals surface area contributed by atoms with Gasteiger partial charge < -0.3 is 23.9 Å². The van der Waals surface area contributed by atoms with Crippen LogP contribution in [0.25, 0.3) is 11.5 Å². The molecule has 12 heteroatoms. The Kier molecular flexibility index (Phi) is 5.84. The van der Waals surface area contributed by atoms with Crippen LogP contribution < -0.4 is 10.6 Å². The number of rotatable bonds is 5. The standard InChI is InChI=1S/C22H19F3N4O5/c23-22(24,25)12-3-1-4-13(9-12)27-21(30)34-17-11-33-18-15(10-32-19(17)18)29-20-26-7-6-14(28-20)16-5-2-8-31-16/h1-9,15,17-19H,10-11H2,(H,27,30)(H,26,28,29)/t15-,17+,18+,19+/m0/s1. The first-order valence-corrected chi connectivity index (χ1v) is 10.4. The number of carbonyl (C=O) groups excluding carboxylic acids is 1. The van der Waals surface area contributed by atoms with Crippen molar-refractivity contribution in [3.8, 4) is 11.5 Å². The Morgan fingerprint density at radius 3 is 2.74 bits per heavy atom. The zero-order valence-electron chi connectivity index (χ0n) is 17.5. The third-order valence-electron chi connectivity index (χ3n) is 5.45. The molecular formula is C22H19F3N4O5. The molecule has 9 nitrogen and oxygen atoms in total. The number of amides is 1. The summed E-state index contributed by atoms with van der Waals surface area (Å²) in [6.07, 6.45) is -3.97. The quantitative estimate of drug-likeness (QED) is 0.570. The average molecular weight is 476 g/mol. The Morgan fingerprint density at radius 2 is 1.94 bits per heavy atom. The topological polar surface area (TPSA) is 108 Å². The van der Waals surface area contributed by atoms with Gasteiger partial charge in [0.15, 0.2) is 11.9 Å². The fourth-order valence-corrected chi connectivity index (χ4v) is 3.90. The molecule has 2 N–H and O–H groups in total. The second-order valence-corrected chi connectivity index (χ2v) is 7.74. The molecular weight excluding hydrogens is 457 g/mol. The summed E-state index contributed by atoms with van der Waals surface area (Å²) in [7, 11) is 0. The lowest BCUT2D eigenvalue weighted by molar-refractivity contribution is -0.137. The van der Waals surface area contributed by atoms with Crippen molar-refractivity contribution in [2.75, 3.05) is 23.8 Å². The molecule has 0 unspecified atom stereocenters. The summed E-state index contributed by atoms with van der Waals surface area (Å²) in [5.41, 5.74) is -0.297. The maximum absolute atomic E-state index is 12.9. The molecule has 4 heterocycles. The van der Waals surface area contributed by atoms with Crippen molar-refractivity contribution >= 4 is 17.7 Å². The number of anilines is 2. The van der Waals surface area contributed by atoms with E-state index in [0.717, 1.165) is 12.1 Å². The molecule has 0 saturated carbocycles. The van der Waals surface area contributed by atoms with Gasteiger partial charge in [0, 0.05) is 11.9 Å². The molecule has 2 fully saturated rings. The average Bonchev–Trinajstić information content (AvgIpc) is 3.54. The van der Waals surface area contributed by atoms with E-state index in [-0.39, 0.29) is 24.9 Å². The van der Waals surface area contributed by atoms with Gasteiger partial charge in [-0.2, -0.15) is 13.2 Å². The van der Waals surface area contributed by atoms with Crippen molar-refractivity contribution in [3.05, 3.63) is 60.5 Å². The van der Waals surface area contributed by atoms with Crippen LogP contribution in [-0.2, 0) is 20.4 Å². The minimum absolute atomic E-state index is 0.0317. The number of ether oxygens (including phenoxy) is 3. The van der Waals surface area contributed by atoms with Crippen LogP contribution in [0.5, 0.6) is 0 Å². The predicted octanol–water partition coefficient (Wildman–Crippen LogP) is 3.95. The van der Waals surface area contributed by atoms with Gasteiger partial charge in [-0.25, -0.2) is 14.8 Å². The van der Waals surface area contributed by atoms with Gasteiger partial charge in [-0.05, 0) is 36.4 Å². The highest BCUT2D eigenvalue weighted by atomic mass is 19.4. The first kappa shape index (κ1) is 22.2. The van der Waals surface area contributed by atoms with Gasteiger partial charge in [0.05, 0.1) is 31.1 Å². The van der Waals surface area contributed by atoms with Gasteiger partial charge >= 0.3 is 12.3 Å². The first-order valence-electron chi connectivity index (χ1n) is 10.4. The third-order valence-corrected chi connectivity index (χ3v) is 5.45. The van der Waals surface area contributed by atoms with Gasteiger partial charge in [-0.1, -0.05) is 6.07 Å². The molecule has 2 saturated heterocycles. The van der Waals surface area contributed by atoms with Crippen molar-refractivity contribution in [3.63, 3.8) is 0 Å². The zero-order valence-corrected chi connectivity index (χ0v) is 17.5. The van der Waals surface area contributed by atoms with E-state index in [1.165, 1.54) is 12.1 Å². The van der Waals surface area contributed by atoms with Crippen LogP contribution in [0.4, 0.5) is 29.6 Å². The highest BCUT2D eigenvalue weighted by molar-refractivity contribution is 5.84. The summed E-state index contributed by atoms with van der Waals surface area (Å²) >= 11 is 0. The Labute approximate surface area is 191 Å². The minimum Gasteiger partial charge on any atom is -0.463 e. The fourth-order valence-electron chi connectivity index (χ4n) is 3.90. The van der Waals surface area contributed by atoms with E-state index >= 15 is 0 Å². The molecule has 0 spiro atoms. The van der Waals surface area contributed by atoms with Crippen LogP contribution in [-0.4, -0.2) is 53.6 Å². The Hall–Kier alpha value is -3.64. The lowest BCUT2D eigenvalue weighted by Gasteiger charge is -2.18. The number of alkyl halides is 3. The molecule has 1 aromatic carbocycles. The van der Waals surface area contributed by atoms with E-state index in [9.17, 15) is 18.0 Å². The van der Waals surface area contributed by atoms with Gasteiger partial charge in [0.2, 0.25) is 5.95 Å². The smallest absolute Gasteiger partial charge is 0.416 e. The summed E-state index contributed by atoms with van der Waals surface area (Å²) in [6.45, 7) is 0.343. The summed E-state index contributed by atoms with van der Waals surface area (Å²) in [4.78, 5) is 20.9. The van der Waals surface area contributed by atoms with E-state index in [1.54, 1.807) is 30.7 Å². The van der Waals surface area contributed by atoms with Crippen LogP contribution in [0.3, 0.4) is 0 Å². The Balaban J connectivity index is 1.18. The van der Waals surface area contributed by atoms with Crippen molar-refractivity contribution in [1.29, 1.82) is 0 Å². The number of halogens is 3. The molecule has 2 aromatic heterocycles. The van der Waals surface area contributed by atoms with Crippen LogP contribution in [0.1, 0.15) is 5.56 Å². The Morgan fingerprint density at radius 1 is 1.09 bits per heavy atom. The molecule has 178 valence electrons. The summed E-state index contributed by atoms with van der Waals surface area (Å²) < 4.78 is 60.9. The fraction of sp³-hybridized carbons (Fsp3) is 0.318. The lowest BCUT2D eigenvalue weighted by Crippen LogP contribution is -2.38. The second kappa shape index (κ2) is 8.95. The number of nitrogens with zero attached hydrogens (tertiary/aromatic N) is 2. The molecule has 0 bridgehead atoms. The summed E-state index contributed by atoms with van der Waals surface area (Å²) in [5.74, 6) is 0.960. The summed E-state index contributed by atoms with van der Waals surface area (Å²) in [5, 5.41) is 5.49. The number of hydrogen-bond acceptors (Lipinski definition) is 8. The number of carbonyl (C=O) groups is 1. The van der Waals surface area contributed by atoms with Crippen LogP contribution in [0.15, 0.2) is 59.3 Å². The lowest BCUT2D eigenvalue weighted by atomic mass is 10.1. The van der Waals surface area contributed by atoms with Crippen molar-refractivity contribution in [2.24, 2.45) is 0 Å². The predicted molar refractivity (Wildman–Crippen MR) is 112 cm³/mol. The van der Waals surface area contributed by atoms with Crippen molar-refractivity contribution in [1.82, 2.24) is 9.97 Å². The summed E-state index contributed by atoms with van der Waals surface area (Å²) in [6, 6.07) is 9.26. The number of aromatic nitrogens is 2. The number of fused-ring (bicyclic) bond motifs is 1. The number of furan rings is 1. The van der Waals surface area contributed by atoms with Crippen molar-refractivity contribution in [2.45, 2.75) is 30.5 Å². The molecule has 3 aromatic rings. The van der Waals surface area contributed by atoms with Crippen LogP contribution >= 0.6 is 0 Å². The van der Waals surface area contributed by atoms with E-state index in [4.69, 9.17) is 18.6 Å². The molecule has 2 aliphatic rings. The van der Waals surface area contributed by atoms with E-state index in [2.05, 4.69) is 20.6 Å². The highest BCUT2D eigenvalue weighted by Crippen LogP contribution is 2.32. The Bertz CT molecular complexity index is 1160. The minimum atomic E-state index is -4.52. The van der Waals surface area contributed by atoms with Gasteiger partial charge in [0.25, 0.3) is 0 Å². The molecule has 4 atom stereocenters. The van der Waals surface area contributed by atoms with E-state index in [1.807, 2.05) is 0 Å².